The van der Waals surface area contributed by atoms with E-state index in [1.165, 1.54) is 23.5 Å². The second-order valence-corrected chi connectivity index (χ2v) is 6.54. The zero-order chi connectivity index (χ0) is 16.9. The number of nitrogens with one attached hydrogen (secondary N) is 1. The molecule has 3 rings (SSSR count). The molecule has 0 saturated heterocycles. The summed E-state index contributed by atoms with van der Waals surface area (Å²) < 4.78 is 13.3. The number of hydrogen-bond acceptors (Lipinski definition) is 3. The van der Waals surface area contributed by atoms with Gasteiger partial charge in [-0.1, -0.05) is 18.2 Å². The summed E-state index contributed by atoms with van der Waals surface area (Å²) in [6.45, 7) is 0.672. The van der Waals surface area contributed by atoms with Crippen LogP contribution in [0, 0.1) is 5.82 Å². The minimum absolute atomic E-state index is 0.0510. The molecule has 24 heavy (non-hydrogen) atoms. The van der Waals surface area contributed by atoms with E-state index in [0.717, 1.165) is 34.7 Å². The van der Waals surface area contributed by atoms with Gasteiger partial charge in [0.05, 0.1) is 10.6 Å². The summed E-state index contributed by atoms with van der Waals surface area (Å²) in [6.07, 6.45) is 1.61. The molecule has 4 nitrogen and oxygen atoms in total. The molecule has 0 saturated carbocycles. The molecule has 6 heteroatoms. The molecule has 0 unspecified atom stereocenters. The number of benzene rings is 1. The van der Waals surface area contributed by atoms with Gasteiger partial charge in [-0.15, -0.1) is 11.3 Å². The predicted molar refractivity (Wildman–Crippen MR) is 93.6 cm³/mol. The van der Waals surface area contributed by atoms with Gasteiger partial charge >= 0.3 is 0 Å². The molecular formula is C18H18FN3OS. The summed E-state index contributed by atoms with van der Waals surface area (Å²) in [5, 5.41) is 9.11. The molecule has 0 aliphatic rings. The van der Waals surface area contributed by atoms with Crippen molar-refractivity contribution in [1.82, 2.24) is 15.1 Å². The largest absolute Gasteiger partial charge is 0.341 e. The van der Waals surface area contributed by atoms with Crippen molar-refractivity contribution in [3.05, 3.63) is 64.2 Å². The van der Waals surface area contributed by atoms with E-state index in [0.29, 0.717) is 6.54 Å². The number of rotatable bonds is 6. The number of hydrogen-bond donors (Lipinski definition) is 1. The molecule has 0 bridgehead atoms. The Morgan fingerprint density at radius 3 is 2.92 bits per heavy atom. The third-order valence-corrected chi connectivity index (χ3v) is 4.63. The van der Waals surface area contributed by atoms with Gasteiger partial charge in [-0.25, -0.2) is 4.39 Å². The van der Waals surface area contributed by atoms with Crippen LogP contribution in [0.5, 0.6) is 0 Å². The summed E-state index contributed by atoms with van der Waals surface area (Å²) in [5.41, 5.74) is 2.46. The molecule has 0 radical (unpaired) electrons. The van der Waals surface area contributed by atoms with Crippen molar-refractivity contribution in [3.63, 3.8) is 0 Å². The molecule has 2 heterocycles. The lowest BCUT2D eigenvalue weighted by molar-refractivity contribution is 0.0798. The van der Waals surface area contributed by atoms with E-state index in [2.05, 4.69) is 10.2 Å². The summed E-state index contributed by atoms with van der Waals surface area (Å²) >= 11 is 1.45. The second kappa shape index (κ2) is 7.40. The Morgan fingerprint density at radius 2 is 2.17 bits per heavy atom. The number of carbonyl (C=O) groups excluding carboxylic acids is 1. The number of aromatic amines is 1. The number of aryl methyl sites for hydroxylation is 1. The number of amides is 1. The summed E-state index contributed by atoms with van der Waals surface area (Å²) in [7, 11) is 1.81. The third-order valence-electron chi connectivity index (χ3n) is 3.77. The Bertz CT molecular complexity index is 813. The molecular weight excluding hydrogens is 325 g/mol. The first kappa shape index (κ1) is 16.4. The van der Waals surface area contributed by atoms with Gasteiger partial charge in [0.2, 0.25) is 0 Å². The number of thiophene rings is 1. The van der Waals surface area contributed by atoms with E-state index in [1.54, 1.807) is 11.0 Å². The molecule has 1 N–H and O–H groups in total. The second-order valence-electron chi connectivity index (χ2n) is 5.60. The topological polar surface area (TPSA) is 49.0 Å². The molecule has 0 aliphatic heterocycles. The molecule has 124 valence electrons. The minimum atomic E-state index is -0.272. The normalized spacial score (nSPS) is 10.8. The van der Waals surface area contributed by atoms with E-state index in [-0.39, 0.29) is 11.7 Å². The van der Waals surface area contributed by atoms with Crippen LogP contribution in [0.25, 0.3) is 11.3 Å². The molecule has 1 amide bonds. The Kier molecular flexibility index (Phi) is 5.05. The van der Waals surface area contributed by atoms with Gasteiger partial charge in [0.1, 0.15) is 5.82 Å². The summed E-state index contributed by atoms with van der Waals surface area (Å²) in [4.78, 5) is 14.6. The average Bonchev–Trinajstić information content (AvgIpc) is 3.26. The Balaban J connectivity index is 1.53. The number of carbonyl (C=O) groups is 1. The molecule has 0 aliphatic carbocycles. The first-order valence-corrected chi connectivity index (χ1v) is 8.60. The number of halogens is 1. The van der Waals surface area contributed by atoms with Crippen LogP contribution in [0.1, 0.15) is 21.8 Å². The minimum Gasteiger partial charge on any atom is -0.341 e. The number of aromatic nitrogens is 2. The van der Waals surface area contributed by atoms with Crippen molar-refractivity contribution in [1.29, 1.82) is 0 Å². The van der Waals surface area contributed by atoms with Gasteiger partial charge in [0, 0.05) is 24.8 Å². The standard InChI is InChI=1S/C18H18FN3OS/c1-22(18(23)17-8-4-10-24-17)9-3-7-15-12-16(21-20-15)13-5-2-6-14(19)11-13/h2,4-6,8,10-12H,3,7,9H2,1H3,(H,20,21). The van der Waals surface area contributed by atoms with Crippen LogP contribution in [0.2, 0.25) is 0 Å². The lowest BCUT2D eigenvalue weighted by Crippen LogP contribution is -2.27. The Morgan fingerprint density at radius 1 is 1.29 bits per heavy atom. The van der Waals surface area contributed by atoms with Crippen molar-refractivity contribution < 1.29 is 9.18 Å². The van der Waals surface area contributed by atoms with Crippen molar-refractivity contribution in [2.75, 3.05) is 13.6 Å². The average molecular weight is 343 g/mol. The van der Waals surface area contributed by atoms with Crippen LogP contribution < -0.4 is 0 Å². The quantitative estimate of drug-likeness (QED) is 0.736. The van der Waals surface area contributed by atoms with Crippen LogP contribution in [-0.4, -0.2) is 34.6 Å². The zero-order valence-corrected chi connectivity index (χ0v) is 14.1. The highest BCUT2D eigenvalue weighted by atomic mass is 32.1. The van der Waals surface area contributed by atoms with Crippen LogP contribution in [0.15, 0.2) is 47.8 Å². The molecule has 0 fully saturated rings. The lowest BCUT2D eigenvalue weighted by Gasteiger charge is -2.15. The van der Waals surface area contributed by atoms with Gasteiger partial charge in [-0.3, -0.25) is 9.89 Å². The maximum atomic E-state index is 13.3. The summed E-state index contributed by atoms with van der Waals surface area (Å²) in [6, 6.07) is 12.0. The smallest absolute Gasteiger partial charge is 0.263 e. The maximum absolute atomic E-state index is 13.3. The maximum Gasteiger partial charge on any atom is 0.263 e. The Labute approximate surface area is 143 Å². The highest BCUT2D eigenvalue weighted by molar-refractivity contribution is 7.12. The van der Waals surface area contributed by atoms with Crippen LogP contribution in [0.3, 0.4) is 0 Å². The van der Waals surface area contributed by atoms with Crippen molar-refractivity contribution >= 4 is 17.2 Å². The van der Waals surface area contributed by atoms with Crippen molar-refractivity contribution in [2.24, 2.45) is 0 Å². The molecule has 0 atom stereocenters. The zero-order valence-electron chi connectivity index (χ0n) is 13.3. The fraction of sp³-hybridized carbons (Fsp3) is 0.222. The van der Waals surface area contributed by atoms with Crippen molar-refractivity contribution in [2.45, 2.75) is 12.8 Å². The Hall–Kier alpha value is -2.47. The fourth-order valence-corrected chi connectivity index (χ4v) is 3.20. The molecule has 3 aromatic rings. The molecule has 0 spiro atoms. The monoisotopic (exact) mass is 343 g/mol. The lowest BCUT2D eigenvalue weighted by atomic mass is 10.1. The van der Waals surface area contributed by atoms with E-state index >= 15 is 0 Å². The van der Waals surface area contributed by atoms with E-state index < -0.39 is 0 Å². The number of H-pyrrole nitrogens is 1. The first-order valence-electron chi connectivity index (χ1n) is 7.72. The van der Waals surface area contributed by atoms with Gasteiger partial charge < -0.3 is 4.90 Å². The van der Waals surface area contributed by atoms with Gasteiger partial charge in [0.15, 0.2) is 0 Å². The van der Waals surface area contributed by atoms with Gasteiger partial charge in [-0.05, 0) is 42.5 Å². The fourth-order valence-electron chi connectivity index (χ4n) is 2.48. The molecule has 2 aromatic heterocycles. The van der Waals surface area contributed by atoms with Crippen LogP contribution >= 0.6 is 11.3 Å². The van der Waals surface area contributed by atoms with Gasteiger partial charge in [0.25, 0.3) is 5.91 Å². The van der Waals surface area contributed by atoms with E-state index in [4.69, 9.17) is 0 Å². The third kappa shape index (κ3) is 3.89. The van der Waals surface area contributed by atoms with Gasteiger partial charge in [-0.2, -0.15) is 5.10 Å². The van der Waals surface area contributed by atoms with E-state index in [1.807, 2.05) is 36.7 Å². The molecule has 1 aromatic carbocycles. The predicted octanol–water partition coefficient (Wildman–Crippen LogP) is 3.98. The SMILES string of the molecule is CN(CCCc1cc(-c2cccc(F)c2)n[nH]1)C(=O)c1cccs1. The summed E-state index contributed by atoms with van der Waals surface area (Å²) in [5.74, 6) is -0.221. The van der Waals surface area contributed by atoms with Crippen LogP contribution in [-0.2, 0) is 6.42 Å². The van der Waals surface area contributed by atoms with Crippen molar-refractivity contribution in [3.8, 4) is 11.3 Å². The van der Waals surface area contributed by atoms with E-state index in [9.17, 15) is 9.18 Å². The number of nitrogens with zero attached hydrogens (tertiary/aromatic N) is 2. The highest BCUT2D eigenvalue weighted by Crippen LogP contribution is 2.19. The van der Waals surface area contributed by atoms with Crippen LogP contribution in [0.4, 0.5) is 4.39 Å². The highest BCUT2D eigenvalue weighted by Gasteiger charge is 2.12. The first-order chi connectivity index (χ1) is 11.6.